The van der Waals surface area contributed by atoms with Crippen LogP contribution in [0.4, 0.5) is 0 Å². The molecule has 2 heterocycles. The number of hydrogen-bond donors (Lipinski definition) is 1. The molecule has 0 radical (unpaired) electrons. The van der Waals surface area contributed by atoms with Gasteiger partial charge in [0.25, 0.3) is 0 Å². The first-order valence-electron chi connectivity index (χ1n) is 9.88. The Morgan fingerprint density at radius 1 is 1.23 bits per heavy atom. The molecule has 0 spiro atoms. The van der Waals surface area contributed by atoms with Gasteiger partial charge < -0.3 is 19.5 Å². The average Bonchev–Trinajstić information content (AvgIpc) is 3.25. The maximum absolute atomic E-state index is 13.2. The van der Waals surface area contributed by atoms with Gasteiger partial charge in [-0.1, -0.05) is 17.7 Å². The molecule has 0 saturated carbocycles. The number of amides is 1. The second-order valence-corrected chi connectivity index (χ2v) is 9.75. The maximum Gasteiger partial charge on any atom is 0.246 e. The number of methoxy groups -OCH3 is 1. The molecule has 4 rings (SSSR count). The topological polar surface area (TPSA) is 94.2 Å². The molecule has 10 heteroatoms. The lowest BCUT2D eigenvalue weighted by molar-refractivity contribution is -0.126. The van der Waals surface area contributed by atoms with Crippen LogP contribution in [-0.2, 0) is 21.4 Å². The molecule has 1 N–H and O–H groups in total. The van der Waals surface area contributed by atoms with Gasteiger partial charge in [0.15, 0.2) is 11.5 Å². The first-order valence-corrected chi connectivity index (χ1v) is 11.7. The number of rotatable bonds is 6. The van der Waals surface area contributed by atoms with Gasteiger partial charge in [-0.05, 0) is 48.7 Å². The summed E-state index contributed by atoms with van der Waals surface area (Å²) in [6, 6.07) is 9.95. The number of fused-ring (bicyclic) bond motifs is 1. The molecule has 2 aromatic rings. The van der Waals surface area contributed by atoms with Crippen molar-refractivity contribution in [3.63, 3.8) is 0 Å². The molecule has 1 saturated heterocycles. The lowest BCUT2D eigenvalue weighted by Gasteiger charge is -2.31. The lowest BCUT2D eigenvalue weighted by Crippen LogP contribution is -2.45. The van der Waals surface area contributed by atoms with Crippen molar-refractivity contribution in [1.82, 2.24) is 9.62 Å². The van der Waals surface area contributed by atoms with Crippen LogP contribution in [0.25, 0.3) is 0 Å². The van der Waals surface area contributed by atoms with Gasteiger partial charge in [-0.25, -0.2) is 8.42 Å². The summed E-state index contributed by atoms with van der Waals surface area (Å²) in [5, 5.41) is 3.20. The van der Waals surface area contributed by atoms with E-state index in [1.807, 2.05) is 12.1 Å². The van der Waals surface area contributed by atoms with Crippen molar-refractivity contribution in [2.24, 2.45) is 5.92 Å². The standard InChI is InChI=1S/C21H23ClN2O6S/c1-28-18-7-5-16(22)10-20(18)31(26,27)24-8-2-3-15(12-24)21(25)23-11-14-4-6-17-19(9-14)30-13-29-17/h4-7,9-10,15H,2-3,8,11-13H2,1H3,(H,23,25)/t15-/m0/s1. The van der Waals surface area contributed by atoms with Gasteiger partial charge in [0.05, 0.1) is 13.0 Å². The second-order valence-electron chi connectivity index (χ2n) is 7.40. The molecule has 0 aliphatic carbocycles. The fourth-order valence-corrected chi connectivity index (χ4v) is 5.69. The molecule has 1 fully saturated rings. The molecular formula is C21H23ClN2O6S. The number of ether oxygens (including phenoxy) is 3. The van der Waals surface area contributed by atoms with E-state index in [9.17, 15) is 13.2 Å². The van der Waals surface area contributed by atoms with Crippen LogP contribution in [0.15, 0.2) is 41.3 Å². The Morgan fingerprint density at radius 3 is 2.84 bits per heavy atom. The fourth-order valence-electron chi connectivity index (χ4n) is 3.75. The zero-order valence-electron chi connectivity index (χ0n) is 17.0. The number of carbonyl (C=O) groups is 1. The third kappa shape index (κ3) is 4.58. The third-order valence-electron chi connectivity index (χ3n) is 5.40. The molecule has 8 nitrogen and oxygen atoms in total. The Hall–Kier alpha value is -2.49. The van der Waals surface area contributed by atoms with Gasteiger partial charge >= 0.3 is 0 Å². The molecule has 2 aliphatic heterocycles. The molecule has 0 aromatic heterocycles. The van der Waals surface area contributed by atoms with E-state index >= 15 is 0 Å². The van der Waals surface area contributed by atoms with Gasteiger partial charge in [0.1, 0.15) is 10.6 Å². The summed E-state index contributed by atoms with van der Waals surface area (Å²) in [7, 11) is -2.45. The Labute approximate surface area is 186 Å². The van der Waals surface area contributed by atoms with Crippen molar-refractivity contribution in [3.05, 3.63) is 47.0 Å². The van der Waals surface area contributed by atoms with E-state index in [2.05, 4.69) is 5.32 Å². The highest BCUT2D eigenvalue weighted by Gasteiger charge is 2.35. The molecule has 2 aromatic carbocycles. The predicted octanol–water partition coefficient (Wildman–Crippen LogP) is 2.79. The Balaban J connectivity index is 1.43. The number of sulfonamides is 1. The summed E-state index contributed by atoms with van der Waals surface area (Å²) in [5.41, 5.74) is 0.876. The van der Waals surface area contributed by atoms with Gasteiger partial charge in [-0.15, -0.1) is 0 Å². The minimum atomic E-state index is -3.85. The van der Waals surface area contributed by atoms with Crippen molar-refractivity contribution in [2.45, 2.75) is 24.3 Å². The molecule has 1 amide bonds. The number of nitrogens with one attached hydrogen (secondary N) is 1. The minimum absolute atomic E-state index is 0.00363. The highest BCUT2D eigenvalue weighted by Crippen LogP contribution is 2.33. The largest absolute Gasteiger partial charge is 0.495 e. The lowest BCUT2D eigenvalue weighted by atomic mass is 9.98. The minimum Gasteiger partial charge on any atom is -0.495 e. The number of benzene rings is 2. The van der Waals surface area contributed by atoms with Crippen LogP contribution in [0.2, 0.25) is 5.02 Å². The first kappa shape index (κ1) is 21.7. The summed E-state index contributed by atoms with van der Waals surface area (Å²) < 4.78 is 43.6. The summed E-state index contributed by atoms with van der Waals surface area (Å²) >= 11 is 6.01. The van der Waals surface area contributed by atoms with Gasteiger partial charge in [0, 0.05) is 24.7 Å². The molecular weight excluding hydrogens is 444 g/mol. The van der Waals surface area contributed by atoms with E-state index in [4.69, 9.17) is 25.8 Å². The Bertz CT molecular complexity index is 1090. The molecule has 2 aliphatic rings. The van der Waals surface area contributed by atoms with Crippen molar-refractivity contribution in [3.8, 4) is 17.2 Å². The SMILES string of the molecule is COc1ccc(Cl)cc1S(=O)(=O)N1CCC[C@H](C(=O)NCc2ccc3c(c2)OCO3)C1. The second kappa shape index (κ2) is 8.94. The van der Waals surface area contributed by atoms with Crippen LogP contribution in [0, 0.1) is 5.92 Å². The number of piperidine rings is 1. The summed E-state index contributed by atoms with van der Waals surface area (Å²) in [6.45, 7) is 0.949. The van der Waals surface area contributed by atoms with Crippen LogP contribution < -0.4 is 19.5 Å². The number of carbonyl (C=O) groups excluding carboxylic acids is 1. The predicted molar refractivity (Wildman–Crippen MR) is 114 cm³/mol. The van der Waals surface area contributed by atoms with Gasteiger partial charge in [-0.2, -0.15) is 4.31 Å². The van der Waals surface area contributed by atoms with E-state index < -0.39 is 15.9 Å². The quantitative estimate of drug-likeness (QED) is 0.703. The van der Waals surface area contributed by atoms with E-state index in [1.54, 1.807) is 12.1 Å². The van der Waals surface area contributed by atoms with Crippen LogP contribution in [0.3, 0.4) is 0 Å². The molecule has 31 heavy (non-hydrogen) atoms. The van der Waals surface area contributed by atoms with Crippen molar-refractivity contribution >= 4 is 27.5 Å². The zero-order chi connectivity index (χ0) is 22.0. The number of nitrogens with zero attached hydrogens (tertiary/aromatic N) is 1. The molecule has 0 unspecified atom stereocenters. The summed E-state index contributed by atoms with van der Waals surface area (Å²) in [6.07, 6.45) is 1.20. The fraction of sp³-hybridized carbons (Fsp3) is 0.381. The Kier molecular flexibility index (Phi) is 6.27. The van der Waals surface area contributed by atoms with E-state index in [-0.39, 0.29) is 29.9 Å². The molecule has 1 atom stereocenters. The van der Waals surface area contributed by atoms with Gasteiger partial charge in [0.2, 0.25) is 22.7 Å². The monoisotopic (exact) mass is 466 g/mol. The van der Waals surface area contributed by atoms with E-state index in [0.29, 0.717) is 42.5 Å². The maximum atomic E-state index is 13.2. The highest BCUT2D eigenvalue weighted by molar-refractivity contribution is 7.89. The summed E-state index contributed by atoms with van der Waals surface area (Å²) in [4.78, 5) is 12.8. The molecule has 0 bridgehead atoms. The average molecular weight is 467 g/mol. The van der Waals surface area contributed by atoms with Crippen LogP contribution in [0.1, 0.15) is 18.4 Å². The van der Waals surface area contributed by atoms with Crippen molar-refractivity contribution < 1.29 is 27.4 Å². The van der Waals surface area contributed by atoms with E-state index in [0.717, 1.165) is 5.56 Å². The zero-order valence-corrected chi connectivity index (χ0v) is 18.5. The van der Waals surface area contributed by atoms with Gasteiger partial charge in [-0.3, -0.25) is 4.79 Å². The first-order chi connectivity index (χ1) is 14.9. The number of hydrogen-bond acceptors (Lipinski definition) is 6. The Morgan fingerprint density at radius 2 is 2.03 bits per heavy atom. The normalized spacial score (nSPS) is 18.6. The third-order valence-corrected chi connectivity index (χ3v) is 7.52. The van der Waals surface area contributed by atoms with Crippen LogP contribution in [0.5, 0.6) is 17.2 Å². The van der Waals surface area contributed by atoms with E-state index in [1.165, 1.54) is 23.5 Å². The smallest absolute Gasteiger partial charge is 0.246 e. The van der Waals surface area contributed by atoms with Crippen molar-refractivity contribution in [2.75, 3.05) is 27.0 Å². The van der Waals surface area contributed by atoms with Crippen LogP contribution in [-0.4, -0.2) is 45.6 Å². The highest BCUT2D eigenvalue weighted by atomic mass is 35.5. The number of halogens is 1. The molecule has 166 valence electrons. The van der Waals surface area contributed by atoms with Crippen LogP contribution >= 0.6 is 11.6 Å². The van der Waals surface area contributed by atoms with Crippen molar-refractivity contribution in [1.29, 1.82) is 0 Å². The summed E-state index contributed by atoms with van der Waals surface area (Å²) in [5.74, 6) is 0.925.